The molecule has 4 nitrogen and oxygen atoms in total. The van der Waals surface area contributed by atoms with Gasteiger partial charge in [0, 0.05) is 26.6 Å². The van der Waals surface area contributed by atoms with Crippen molar-refractivity contribution in [2.45, 2.75) is 32.7 Å². The van der Waals surface area contributed by atoms with Gasteiger partial charge in [0.1, 0.15) is 5.82 Å². The van der Waals surface area contributed by atoms with Gasteiger partial charge in [0.25, 0.3) is 0 Å². The quantitative estimate of drug-likeness (QED) is 0.715. The van der Waals surface area contributed by atoms with Gasteiger partial charge in [0.05, 0.1) is 17.6 Å². The van der Waals surface area contributed by atoms with Crippen LogP contribution in [0.2, 0.25) is 0 Å². The smallest absolute Gasteiger partial charge is 0.109 e. The normalized spacial score (nSPS) is 11.3. The van der Waals surface area contributed by atoms with Crippen LogP contribution in [0.4, 0.5) is 0 Å². The number of para-hydroxylation sites is 2. The second kappa shape index (κ2) is 8.02. The van der Waals surface area contributed by atoms with E-state index in [1.165, 1.54) is 24.2 Å². The second-order valence-electron chi connectivity index (χ2n) is 4.97. The minimum absolute atomic E-state index is 0.784. The molecule has 0 radical (unpaired) electrons. The maximum absolute atomic E-state index is 5.01. The van der Waals surface area contributed by atoms with Crippen LogP contribution < -0.4 is 5.32 Å². The number of benzene rings is 1. The van der Waals surface area contributed by atoms with Crippen molar-refractivity contribution >= 4 is 11.0 Å². The number of nitrogens with one attached hydrogen (secondary N) is 1. The third-order valence-electron chi connectivity index (χ3n) is 3.52. The predicted molar refractivity (Wildman–Crippen MR) is 83.1 cm³/mol. The zero-order valence-electron chi connectivity index (χ0n) is 12.6. The number of imidazole rings is 1. The van der Waals surface area contributed by atoms with Crippen molar-refractivity contribution in [2.24, 2.45) is 0 Å². The molecule has 4 heteroatoms. The monoisotopic (exact) mass is 275 g/mol. The molecule has 0 saturated carbocycles. The van der Waals surface area contributed by atoms with Crippen molar-refractivity contribution in [3.05, 3.63) is 30.1 Å². The van der Waals surface area contributed by atoms with E-state index in [1.807, 2.05) is 0 Å². The lowest BCUT2D eigenvalue weighted by atomic mass is 10.2. The zero-order chi connectivity index (χ0) is 14.2. The van der Waals surface area contributed by atoms with Gasteiger partial charge >= 0.3 is 0 Å². The van der Waals surface area contributed by atoms with Crippen molar-refractivity contribution in [1.82, 2.24) is 14.9 Å². The maximum Gasteiger partial charge on any atom is 0.109 e. The molecule has 0 saturated heterocycles. The Hall–Kier alpha value is -1.39. The van der Waals surface area contributed by atoms with Gasteiger partial charge in [0.2, 0.25) is 0 Å². The number of rotatable bonds is 9. The molecule has 0 bridgehead atoms. The second-order valence-corrected chi connectivity index (χ2v) is 4.97. The van der Waals surface area contributed by atoms with E-state index in [9.17, 15) is 0 Å². The summed E-state index contributed by atoms with van der Waals surface area (Å²) in [6.07, 6.45) is 3.34. The van der Waals surface area contributed by atoms with E-state index in [1.54, 1.807) is 7.11 Å². The number of ether oxygens (including phenoxy) is 1. The summed E-state index contributed by atoms with van der Waals surface area (Å²) in [6.45, 7) is 5.99. The van der Waals surface area contributed by atoms with Gasteiger partial charge in [-0.3, -0.25) is 0 Å². The highest BCUT2D eigenvalue weighted by molar-refractivity contribution is 5.75. The van der Waals surface area contributed by atoms with Gasteiger partial charge in [0.15, 0.2) is 0 Å². The number of aromatic nitrogens is 2. The summed E-state index contributed by atoms with van der Waals surface area (Å²) in [5, 5.41) is 3.38. The van der Waals surface area contributed by atoms with E-state index in [-0.39, 0.29) is 0 Å². The molecule has 0 atom stereocenters. The number of methoxy groups -OCH3 is 1. The average Bonchev–Trinajstić information content (AvgIpc) is 2.84. The Morgan fingerprint density at radius 1 is 1.20 bits per heavy atom. The maximum atomic E-state index is 5.01. The molecule has 1 aromatic carbocycles. The van der Waals surface area contributed by atoms with Gasteiger partial charge in [-0.25, -0.2) is 4.98 Å². The Balaban J connectivity index is 1.86. The third-order valence-corrected chi connectivity index (χ3v) is 3.52. The Morgan fingerprint density at radius 2 is 2.05 bits per heavy atom. The van der Waals surface area contributed by atoms with Crippen LogP contribution in [0.3, 0.4) is 0 Å². The number of nitrogens with zero attached hydrogens (tertiary/aromatic N) is 2. The molecule has 0 aliphatic rings. The van der Waals surface area contributed by atoms with Crippen LogP contribution in [-0.4, -0.2) is 36.4 Å². The number of hydrogen-bond donors (Lipinski definition) is 1. The van der Waals surface area contributed by atoms with E-state index in [4.69, 9.17) is 9.72 Å². The van der Waals surface area contributed by atoms with E-state index >= 15 is 0 Å². The van der Waals surface area contributed by atoms with Crippen LogP contribution in [0.5, 0.6) is 0 Å². The van der Waals surface area contributed by atoms with Gasteiger partial charge in [-0.05, 0) is 31.5 Å². The summed E-state index contributed by atoms with van der Waals surface area (Å²) in [6, 6.07) is 8.40. The highest BCUT2D eigenvalue weighted by Gasteiger charge is 2.07. The molecule has 1 heterocycles. The Kier molecular flexibility index (Phi) is 6.02. The van der Waals surface area contributed by atoms with Crippen molar-refractivity contribution in [1.29, 1.82) is 0 Å². The highest BCUT2D eigenvalue weighted by atomic mass is 16.5. The van der Waals surface area contributed by atoms with Crippen molar-refractivity contribution in [3.63, 3.8) is 0 Å². The lowest BCUT2D eigenvalue weighted by Crippen LogP contribution is -2.20. The average molecular weight is 275 g/mol. The lowest BCUT2D eigenvalue weighted by molar-refractivity contribution is 0.199. The number of aryl methyl sites for hydroxylation is 2. The highest BCUT2D eigenvalue weighted by Crippen LogP contribution is 2.17. The molecule has 20 heavy (non-hydrogen) atoms. The first-order valence-corrected chi connectivity index (χ1v) is 7.50. The molecule has 2 rings (SSSR count). The van der Waals surface area contributed by atoms with Gasteiger partial charge in [-0.2, -0.15) is 0 Å². The topological polar surface area (TPSA) is 39.1 Å². The molecular formula is C16H25N3O. The van der Waals surface area contributed by atoms with Crippen LogP contribution in [0.25, 0.3) is 11.0 Å². The fourth-order valence-electron chi connectivity index (χ4n) is 2.46. The number of hydrogen-bond acceptors (Lipinski definition) is 3. The Morgan fingerprint density at radius 3 is 2.85 bits per heavy atom. The van der Waals surface area contributed by atoms with Crippen LogP contribution in [0.15, 0.2) is 24.3 Å². The van der Waals surface area contributed by atoms with Gasteiger partial charge in [-0.15, -0.1) is 0 Å². The standard InChI is InChI=1S/C16H25N3O/c1-3-16-18-14-8-4-5-9-15(14)19(16)12-7-6-10-17-11-13-20-2/h4-5,8-9,17H,3,6-7,10-13H2,1-2H3. The molecule has 110 valence electrons. The molecule has 0 fully saturated rings. The van der Waals surface area contributed by atoms with E-state index in [2.05, 4.69) is 41.1 Å². The molecule has 0 aliphatic heterocycles. The van der Waals surface area contributed by atoms with Gasteiger partial charge < -0.3 is 14.6 Å². The summed E-state index contributed by atoms with van der Waals surface area (Å²) < 4.78 is 7.38. The molecule has 1 aromatic heterocycles. The lowest BCUT2D eigenvalue weighted by Gasteiger charge is -2.08. The molecule has 0 aliphatic carbocycles. The van der Waals surface area contributed by atoms with E-state index in [0.29, 0.717) is 0 Å². The first kappa shape index (κ1) is 15.0. The molecule has 2 aromatic rings. The number of fused-ring (bicyclic) bond motifs is 1. The molecule has 1 N–H and O–H groups in total. The van der Waals surface area contributed by atoms with Crippen LogP contribution in [0.1, 0.15) is 25.6 Å². The van der Waals surface area contributed by atoms with Crippen molar-refractivity contribution in [2.75, 3.05) is 26.8 Å². The van der Waals surface area contributed by atoms with Crippen LogP contribution >= 0.6 is 0 Å². The minimum Gasteiger partial charge on any atom is -0.383 e. The summed E-state index contributed by atoms with van der Waals surface area (Å²) in [4.78, 5) is 4.70. The third kappa shape index (κ3) is 3.81. The van der Waals surface area contributed by atoms with E-state index in [0.717, 1.165) is 38.2 Å². The van der Waals surface area contributed by atoms with Crippen LogP contribution in [0, 0.1) is 0 Å². The largest absolute Gasteiger partial charge is 0.383 e. The SMILES string of the molecule is CCc1nc2ccccc2n1CCCCNCCOC. The summed E-state index contributed by atoms with van der Waals surface area (Å²) >= 11 is 0. The Bertz CT molecular complexity index is 521. The molecule has 0 spiro atoms. The first-order chi connectivity index (χ1) is 9.86. The molecule has 0 amide bonds. The van der Waals surface area contributed by atoms with E-state index < -0.39 is 0 Å². The van der Waals surface area contributed by atoms with Gasteiger partial charge in [-0.1, -0.05) is 19.1 Å². The summed E-state index contributed by atoms with van der Waals surface area (Å²) in [5.41, 5.74) is 2.37. The number of unbranched alkanes of at least 4 members (excludes halogenated alkanes) is 1. The van der Waals surface area contributed by atoms with Crippen molar-refractivity contribution in [3.8, 4) is 0 Å². The van der Waals surface area contributed by atoms with Crippen molar-refractivity contribution < 1.29 is 4.74 Å². The fraction of sp³-hybridized carbons (Fsp3) is 0.562. The predicted octanol–water partition coefficient (Wildman–Crippen LogP) is 2.61. The Labute approximate surface area is 121 Å². The molecular weight excluding hydrogens is 250 g/mol. The molecule has 0 unspecified atom stereocenters. The summed E-state index contributed by atoms with van der Waals surface area (Å²) in [5.74, 6) is 1.19. The summed E-state index contributed by atoms with van der Waals surface area (Å²) in [7, 11) is 1.73. The van der Waals surface area contributed by atoms with Crippen LogP contribution in [-0.2, 0) is 17.7 Å². The first-order valence-electron chi connectivity index (χ1n) is 7.50. The minimum atomic E-state index is 0.784. The fourth-order valence-corrected chi connectivity index (χ4v) is 2.46. The zero-order valence-corrected chi connectivity index (χ0v) is 12.6.